The van der Waals surface area contributed by atoms with E-state index in [1.165, 1.54) is 0 Å². The highest BCUT2D eigenvalue weighted by atomic mass is 35.5. The van der Waals surface area contributed by atoms with E-state index in [2.05, 4.69) is 11.4 Å². The fourth-order valence-electron chi connectivity index (χ4n) is 2.58. The summed E-state index contributed by atoms with van der Waals surface area (Å²) >= 11 is 6.11. The van der Waals surface area contributed by atoms with Crippen LogP contribution in [0.15, 0.2) is 78.9 Å². The maximum atomic E-state index is 12.1. The summed E-state index contributed by atoms with van der Waals surface area (Å²) in [5, 5.41) is 12.8. The van der Waals surface area contributed by atoms with E-state index in [0.29, 0.717) is 27.6 Å². The summed E-state index contributed by atoms with van der Waals surface area (Å²) in [7, 11) is 0. The quantitative estimate of drug-likeness (QED) is 0.453. The van der Waals surface area contributed by atoms with Gasteiger partial charge in [0.2, 0.25) is 0 Å². The molecule has 1 N–H and O–H groups in total. The summed E-state index contributed by atoms with van der Waals surface area (Å²) in [5.74, 6) is 0.191. The Morgan fingerprint density at radius 3 is 2.39 bits per heavy atom. The van der Waals surface area contributed by atoms with Gasteiger partial charge in [0.05, 0.1) is 11.6 Å². The molecule has 28 heavy (non-hydrogen) atoms. The van der Waals surface area contributed by atoms with Crippen LogP contribution in [0.4, 0.5) is 5.69 Å². The second-order valence-corrected chi connectivity index (χ2v) is 6.36. The van der Waals surface area contributed by atoms with E-state index in [1.54, 1.807) is 36.4 Å². The number of anilines is 1. The summed E-state index contributed by atoms with van der Waals surface area (Å²) in [6, 6.07) is 25.7. The summed E-state index contributed by atoms with van der Waals surface area (Å²) in [6.07, 6.45) is 1.70. The first-order valence-corrected chi connectivity index (χ1v) is 8.98. The molecule has 1 amide bonds. The standard InChI is InChI=1S/C23H17ClN2O2/c24-20-11-12-22(28-16-23(27)26-21-9-5-2-6-10-21)18(14-20)13-19(15-25)17-7-3-1-4-8-17/h1-14H,16H2,(H,26,27)/b19-13+. The lowest BCUT2D eigenvalue weighted by Crippen LogP contribution is -2.20. The molecule has 3 aromatic carbocycles. The van der Waals surface area contributed by atoms with Crippen molar-refractivity contribution < 1.29 is 9.53 Å². The predicted molar refractivity (Wildman–Crippen MR) is 112 cm³/mol. The first-order valence-electron chi connectivity index (χ1n) is 8.60. The van der Waals surface area contributed by atoms with Crippen LogP contribution < -0.4 is 10.1 Å². The van der Waals surface area contributed by atoms with E-state index in [0.717, 1.165) is 5.56 Å². The van der Waals surface area contributed by atoms with Gasteiger partial charge in [0.1, 0.15) is 5.75 Å². The third-order valence-electron chi connectivity index (χ3n) is 3.89. The zero-order valence-corrected chi connectivity index (χ0v) is 15.7. The van der Waals surface area contributed by atoms with Gasteiger partial charge < -0.3 is 10.1 Å². The third kappa shape index (κ3) is 5.23. The lowest BCUT2D eigenvalue weighted by molar-refractivity contribution is -0.118. The van der Waals surface area contributed by atoms with Crippen LogP contribution in [0.25, 0.3) is 11.6 Å². The molecule has 3 aromatic rings. The Morgan fingerprint density at radius 1 is 1.04 bits per heavy atom. The Kier molecular flexibility index (Phi) is 6.46. The molecular formula is C23H17ClN2O2. The minimum absolute atomic E-state index is 0.162. The summed E-state index contributed by atoms with van der Waals surface area (Å²) < 4.78 is 5.68. The second kappa shape index (κ2) is 9.40. The second-order valence-electron chi connectivity index (χ2n) is 5.92. The van der Waals surface area contributed by atoms with Crippen molar-refractivity contribution in [3.05, 3.63) is 95.0 Å². The average molecular weight is 389 g/mol. The Bertz CT molecular complexity index is 1030. The Morgan fingerprint density at radius 2 is 1.71 bits per heavy atom. The molecule has 4 nitrogen and oxygen atoms in total. The van der Waals surface area contributed by atoms with Gasteiger partial charge in [-0.3, -0.25) is 4.79 Å². The number of benzene rings is 3. The molecule has 0 saturated heterocycles. The van der Waals surface area contributed by atoms with E-state index < -0.39 is 0 Å². The molecule has 0 saturated carbocycles. The molecule has 0 aliphatic rings. The number of rotatable bonds is 6. The predicted octanol–water partition coefficient (Wildman–Crippen LogP) is 5.42. The van der Waals surface area contributed by atoms with Crippen molar-refractivity contribution in [2.75, 3.05) is 11.9 Å². The molecule has 0 heterocycles. The van der Waals surface area contributed by atoms with Crippen molar-refractivity contribution in [3.8, 4) is 11.8 Å². The van der Waals surface area contributed by atoms with E-state index in [1.807, 2.05) is 48.5 Å². The van der Waals surface area contributed by atoms with Gasteiger partial charge in [-0.05, 0) is 42.0 Å². The smallest absolute Gasteiger partial charge is 0.262 e. The molecule has 138 valence electrons. The van der Waals surface area contributed by atoms with Crippen molar-refractivity contribution in [1.29, 1.82) is 5.26 Å². The van der Waals surface area contributed by atoms with Crippen molar-refractivity contribution >= 4 is 34.8 Å². The van der Waals surface area contributed by atoms with Crippen molar-refractivity contribution in [2.24, 2.45) is 0 Å². The molecule has 0 radical (unpaired) electrons. The topological polar surface area (TPSA) is 62.1 Å². The first kappa shape index (κ1) is 19.2. The number of hydrogen-bond donors (Lipinski definition) is 1. The normalized spacial score (nSPS) is 10.8. The van der Waals surface area contributed by atoms with Crippen molar-refractivity contribution in [1.82, 2.24) is 0 Å². The van der Waals surface area contributed by atoms with Crippen LogP contribution in [0.5, 0.6) is 5.75 Å². The molecule has 0 atom stereocenters. The number of halogens is 1. The van der Waals surface area contributed by atoms with Gasteiger partial charge in [-0.2, -0.15) is 5.26 Å². The van der Waals surface area contributed by atoms with Crippen LogP contribution in [0.3, 0.4) is 0 Å². The minimum Gasteiger partial charge on any atom is -0.483 e. The first-order chi connectivity index (χ1) is 13.7. The molecule has 0 bridgehead atoms. The number of ether oxygens (including phenoxy) is 1. The number of allylic oxidation sites excluding steroid dienone is 1. The maximum absolute atomic E-state index is 12.1. The Labute approximate surface area is 168 Å². The molecule has 0 aromatic heterocycles. The van der Waals surface area contributed by atoms with Gasteiger partial charge in [0, 0.05) is 16.3 Å². The Hall–Kier alpha value is -3.55. The number of nitrogens with one attached hydrogen (secondary N) is 1. The number of para-hydroxylation sites is 1. The summed E-state index contributed by atoms with van der Waals surface area (Å²) in [5.41, 5.74) is 2.59. The summed E-state index contributed by atoms with van der Waals surface area (Å²) in [4.78, 5) is 12.1. The highest BCUT2D eigenvalue weighted by molar-refractivity contribution is 6.30. The van der Waals surface area contributed by atoms with Crippen LogP contribution in [-0.4, -0.2) is 12.5 Å². The van der Waals surface area contributed by atoms with Gasteiger partial charge in [-0.15, -0.1) is 0 Å². The van der Waals surface area contributed by atoms with Gasteiger partial charge in [-0.1, -0.05) is 60.1 Å². The van der Waals surface area contributed by atoms with Crippen LogP contribution in [0, 0.1) is 11.3 Å². The number of nitrogens with zero attached hydrogens (tertiary/aromatic N) is 1. The Balaban J connectivity index is 1.78. The van der Waals surface area contributed by atoms with Crippen LogP contribution >= 0.6 is 11.6 Å². The monoisotopic (exact) mass is 388 g/mol. The van der Waals surface area contributed by atoms with Gasteiger partial charge in [0.25, 0.3) is 5.91 Å². The zero-order chi connectivity index (χ0) is 19.8. The largest absolute Gasteiger partial charge is 0.483 e. The maximum Gasteiger partial charge on any atom is 0.262 e. The molecule has 0 spiro atoms. The van der Waals surface area contributed by atoms with E-state index in [9.17, 15) is 10.1 Å². The zero-order valence-electron chi connectivity index (χ0n) is 14.9. The average Bonchev–Trinajstić information content (AvgIpc) is 2.72. The van der Waals surface area contributed by atoms with E-state index in [-0.39, 0.29) is 12.5 Å². The minimum atomic E-state index is -0.278. The lowest BCUT2D eigenvalue weighted by Gasteiger charge is -2.11. The van der Waals surface area contributed by atoms with Gasteiger partial charge >= 0.3 is 0 Å². The van der Waals surface area contributed by atoms with Crippen LogP contribution in [0.1, 0.15) is 11.1 Å². The molecular weight excluding hydrogens is 372 g/mol. The number of hydrogen-bond acceptors (Lipinski definition) is 3. The molecule has 3 rings (SSSR count). The van der Waals surface area contributed by atoms with Crippen LogP contribution in [0.2, 0.25) is 5.02 Å². The number of nitriles is 1. The van der Waals surface area contributed by atoms with E-state index >= 15 is 0 Å². The molecule has 0 aliphatic heterocycles. The van der Waals surface area contributed by atoms with Gasteiger partial charge in [0.15, 0.2) is 6.61 Å². The molecule has 0 fully saturated rings. The van der Waals surface area contributed by atoms with E-state index in [4.69, 9.17) is 16.3 Å². The van der Waals surface area contributed by atoms with Gasteiger partial charge in [-0.25, -0.2) is 0 Å². The number of carbonyl (C=O) groups excluding carboxylic acids is 1. The molecule has 0 unspecified atom stereocenters. The number of amides is 1. The lowest BCUT2D eigenvalue weighted by atomic mass is 10.0. The summed E-state index contributed by atoms with van der Waals surface area (Å²) in [6.45, 7) is -0.162. The highest BCUT2D eigenvalue weighted by Gasteiger charge is 2.09. The fraction of sp³-hybridized carbons (Fsp3) is 0.0435. The van der Waals surface area contributed by atoms with Crippen LogP contribution in [-0.2, 0) is 4.79 Å². The van der Waals surface area contributed by atoms with Crippen molar-refractivity contribution in [2.45, 2.75) is 0 Å². The fourth-order valence-corrected chi connectivity index (χ4v) is 2.76. The molecule has 0 aliphatic carbocycles. The molecule has 5 heteroatoms. The van der Waals surface area contributed by atoms with Crippen molar-refractivity contribution in [3.63, 3.8) is 0 Å². The third-order valence-corrected chi connectivity index (χ3v) is 4.13. The number of carbonyl (C=O) groups is 1. The highest BCUT2D eigenvalue weighted by Crippen LogP contribution is 2.27. The SMILES string of the molecule is N#C/C(=C\c1cc(Cl)ccc1OCC(=O)Nc1ccccc1)c1ccccc1.